The molecule has 0 saturated heterocycles. The third-order valence-electron chi connectivity index (χ3n) is 6.02. The van der Waals surface area contributed by atoms with Gasteiger partial charge in [0.1, 0.15) is 17.4 Å². The summed E-state index contributed by atoms with van der Waals surface area (Å²) in [7, 11) is 0. The Labute approximate surface area is 227 Å². The molecule has 3 aromatic carbocycles. The number of urea groups is 1. The highest BCUT2D eigenvalue weighted by Gasteiger charge is 2.45. The van der Waals surface area contributed by atoms with Crippen LogP contribution in [0, 0.1) is 11.6 Å². The van der Waals surface area contributed by atoms with Gasteiger partial charge in [0.2, 0.25) is 0 Å². The first-order valence-corrected chi connectivity index (χ1v) is 11.8. The highest BCUT2D eigenvalue weighted by atomic mass is 19.4. The van der Waals surface area contributed by atoms with Crippen LogP contribution in [0.15, 0.2) is 72.8 Å². The fraction of sp³-hybridized carbons (Fsp3) is 0.296. The lowest BCUT2D eigenvalue weighted by atomic mass is 9.77. The molecule has 0 spiro atoms. The van der Waals surface area contributed by atoms with Gasteiger partial charge in [-0.25, -0.2) is 13.6 Å². The van der Waals surface area contributed by atoms with Gasteiger partial charge in [-0.15, -0.1) is 0 Å². The van der Waals surface area contributed by atoms with E-state index in [0.29, 0.717) is 11.6 Å². The van der Waals surface area contributed by atoms with Gasteiger partial charge >= 0.3 is 24.7 Å². The molecule has 5 nitrogen and oxygen atoms in total. The predicted molar refractivity (Wildman–Crippen MR) is 128 cm³/mol. The number of aliphatic hydroxyl groups excluding tert-OH is 1. The fourth-order valence-electron chi connectivity index (χ4n) is 4.06. The van der Waals surface area contributed by atoms with Crippen LogP contribution >= 0.6 is 0 Å². The third-order valence-corrected chi connectivity index (χ3v) is 6.02. The molecule has 41 heavy (non-hydrogen) atoms. The summed E-state index contributed by atoms with van der Waals surface area (Å²) >= 11 is 0. The van der Waals surface area contributed by atoms with Crippen LogP contribution < -0.4 is 15.4 Å². The second kappa shape index (κ2) is 12.3. The van der Waals surface area contributed by atoms with E-state index in [1.54, 1.807) is 30.3 Å². The quantitative estimate of drug-likeness (QED) is 0.242. The number of rotatable bonds is 10. The number of aliphatic hydroxyl groups is 1. The van der Waals surface area contributed by atoms with Gasteiger partial charge in [-0.3, -0.25) is 0 Å². The lowest BCUT2D eigenvalue weighted by Gasteiger charge is -2.37. The Kier molecular flexibility index (Phi) is 9.47. The minimum Gasteiger partial charge on any atom is -0.428 e. The highest BCUT2D eigenvalue weighted by molar-refractivity contribution is 5.76. The van der Waals surface area contributed by atoms with Crippen LogP contribution in [-0.2, 0) is 12.0 Å². The molecule has 2 amide bonds. The zero-order chi connectivity index (χ0) is 30.6. The van der Waals surface area contributed by atoms with Crippen molar-refractivity contribution in [2.75, 3.05) is 0 Å². The van der Waals surface area contributed by atoms with Gasteiger partial charge in [0.25, 0.3) is 0 Å². The van der Waals surface area contributed by atoms with Crippen molar-refractivity contribution in [1.82, 2.24) is 10.6 Å². The Hall–Kier alpha value is -3.94. The predicted octanol–water partition coefficient (Wildman–Crippen LogP) is 6.30. The Morgan fingerprint density at radius 3 is 2.05 bits per heavy atom. The summed E-state index contributed by atoms with van der Waals surface area (Å²) in [6.07, 6.45) is -17.7. The van der Waals surface area contributed by atoms with Crippen LogP contribution in [0.25, 0.3) is 0 Å². The van der Waals surface area contributed by atoms with Crippen LogP contribution in [0.1, 0.15) is 23.6 Å². The van der Waals surface area contributed by atoms with E-state index in [1.807, 2.05) is 5.32 Å². The van der Waals surface area contributed by atoms with Crippen molar-refractivity contribution in [3.05, 3.63) is 101 Å². The molecule has 0 fully saturated rings. The van der Waals surface area contributed by atoms with Gasteiger partial charge in [-0.2, -0.15) is 30.7 Å². The van der Waals surface area contributed by atoms with E-state index < -0.39 is 59.8 Å². The Bertz CT molecular complexity index is 1320. The number of ether oxygens (including phenoxy) is 1. The second-order valence-corrected chi connectivity index (χ2v) is 9.09. The molecule has 222 valence electrons. The smallest absolute Gasteiger partial charge is 0.428 e. The average Bonchev–Trinajstić information content (AvgIpc) is 2.87. The molecule has 3 aromatic rings. The number of carbonyl (C=O) groups excluding carboxylic acids is 1. The van der Waals surface area contributed by atoms with Crippen molar-refractivity contribution in [1.29, 1.82) is 0 Å². The number of hydrogen-bond donors (Lipinski definition) is 3. The summed E-state index contributed by atoms with van der Waals surface area (Å²) in [5.41, 5.74) is -1.99. The summed E-state index contributed by atoms with van der Waals surface area (Å²) in [6.45, 7) is 0.856. The normalized spacial score (nSPS) is 15.1. The monoisotopic (exact) mass is 594 g/mol. The van der Waals surface area contributed by atoms with Crippen molar-refractivity contribution in [3.8, 4) is 5.75 Å². The van der Waals surface area contributed by atoms with Crippen molar-refractivity contribution in [2.45, 2.75) is 49.7 Å². The maximum Gasteiger partial charge on any atom is 0.461 e. The molecule has 0 aliphatic carbocycles. The number of nitrogens with one attached hydrogen (secondary N) is 2. The van der Waals surface area contributed by atoms with Gasteiger partial charge in [0.05, 0.1) is 11.6 Å². The minimum atomic E-state index is -5.10. The molecule has 0 heterocycles. The standard InChI is InChI=1S/C27H23F9N2O3/c1-15(22(39)26(32,33)34)37-24(40)38-25(14-16-5-3-2-4-6-16,17-7-9-19(28)10-8-17)18-11-20(29)13-21(12-18)41-27(35,36)23(30)31/h2-13,15,22-23,39H,14H2,1H3,(H2,37,38,40). The first kappa shape index (κ1) is 31.6. The van der Waals surface area contributed by atoms with Gasteiger partial charge in [0, 0.05) is 12.5 Å². The topological polar surface area (TPSA) is 70.6 Å². The number of hydrogen-bond acceptors (Lipinski definition) is 3. The molecule has 0 aromatic heterocycles. The van der Waals surface area contributed by atoms with Gasteiger partial charge in [-0.05, 0) is 47.9 Å². The van der Waals surface area contributed by atoms with E-state index in [1.165, 1.54) is 0 Å². The van der Waals surface area contributed by atoms with Crippen molar-refractivity contribution >= 4 is 6.03 Å². The van der Waals surface area contributed by atoms with Crippen molar-refractivity contribution < 1.29 is 54.2 Å². The minimum absolute atomic E-state index is 0.000837. The first-order chi connectivity index (χ1) is 19.0. The summed E-state index contributed by atoms with van der Waals surface area (Å²) in [6, 6.07) is 10.7. The molecule has 0 saturated carbocycles. The molecule has 0 bridgehead atoms. The number of carbonyl (C=O) groups is 1. The molecule has 3 atom stereocenters. The maximum atomic E-state index is 14.8. The van der Waals surface area contributed by atoms with E-state index >= 15 is 0 Å². The zero-order valence-corrected chi connectivity index (χ0v) is 21.0. The Morgan fingerprint density at radius 1 is 0.878 bits per heavy atom. The van der Waals surface area contributed by atoms with Crippen molar-refractivity contribution in [3.63, 3.8) is 0 Å². The van der Waals surface area contributed by atoms with Gasteiger partial charge < -0.3 is 20.5 Å². The Balaban J connectivity index is 2.20. The molecule has 0 aliphatic rings. The van der Waals surface area contributed by atoms with Crippen LogP contribution in [-0.4, -0.2) is 42.0 Å². The first-order valence-electron chi connectivity index (χ1n) is 11.8. The number of amides is 2. The third kappa shape index (κ3) is 7.84. The number of benzene rings is 3. The number of halogens is 9. The molecule has 0 radical (unpaired) electrons. The van der Waals surface area contributed by atoms with Gasteiger partial charge in [0.15, 0.2) is 6.10 Å². The van der Waals surface area contributed by atoms with E-state index in [0.717, 1.165) is 43.3 Å². The van der Waals surface area contributed by atoms with Crippen LogP contribution in [0.2, 0.25) is 0 Å². The van der Waals surface area contributed by atoms with Crippen LogP contribution in [0.5, 0.6) is 5.75 Å². The SMILES string of the molecule is CC(NC(=O)NC(Cc1ccccc1)(c1ccc(F)cc1)c1cc(F)cc(OC(F)(F)C(F)F)c1)C(O)C(F)(F)F. The summed E-state index contributed by atoms with van der Waals surface area (Å²) in [5.74, 6) is -3.06. The zero-order valence-electron chi connectivity index (χ0n) is 21.0. The van der Waals surface area contributed by atoms with Crippen molar-refractivity contribution in [2.24, 2.45) is 0 Å². The van der Waals surface area contributed by atoms with E-state index in [4.69, 9.17) is 0 Å². The largest absolute Gasteiger partial charge is 0.461 e. The molecule has 14 heteroatoms. The summed E-state index contributed by atoms with van der Waals surface area (Å²) in [5, 5.41) is 13.8. The van der Waals surface area contributed by atoms with E-state index in [-0.39, 0.29) is 17.5 Å². The molecule has 3 N–H and O–H groups in total. The molecular weight excluding hydrogens is 571 g/mol. The molecule has 3 unspecified atom stereocenters. The molecule has 0 aliphatic heterocycles. The second-order valence-electron chi connectivity index (χ2n) is 9.09. The lowest BCUT2D eigenvalue weighted by Crippen LogP contribution is -2.56. The summed E-state index contributed by atoms with van der Waals surface area (Å²) in [4.78, 5) is 13.1. The summed E-state index contributed by atoms with van der Waals surface area (Å²) < 4.78 is 125. The lowest BCUT2D eigenvalue weighted by molar-refractivity contribution is -0.253. The molecular formula is C27H23F9N2O3. The van der Waals surface area contributed by atoms with E-state index in [9.17, 15) is 49.4 Å². The fourth-order valence-corrected chi connectivity index (χ4v) is 4.06. The van der Waals surface area contributed by atoms with E-state index in [2.05, 4.69) is 10.1 Å². The number of alkyl halides is 7. The average molecular weight is 594 g/mol. The molecule has 3 rings (SSSR count). The Morgan fingerprint density at radius 2 is 1.49 bits per heavy atom. The highest BCUT2D eigenvalue weighted by Crippen LogP contribution is 2.38. The van der Waals surface area contributed by atoms with Crippen LogP contribution in [0.3, 0.4) is 0 Å². The van der Waals surface area contributed by atoms with Crippen LogP contribution in [0.4, 0.5) is 44.3 Å². The maximum absolute atomic E-state index is 14.8. The van der Waals surface area contributed by atoms with Gasteiger partial charge in [-0.1, -0.05) is 42.5 Å².